The molecule has 0 spiro atoms. The molecular formula is C18H18N4O2. The minimum Gasteiger partial charge on any atom is -0.333 e. The first-order chi connectivity index (χ1) is 11.7. The van der Waals surface area contributed by atoms with E-state index in [2.05, 4.69) is 9.97 Å². The van der Waals surface area contributed by atoms with Gasteiger partial charge in [-0.15, -0.1) is 0 Å². The van der Waals surface area contributed by atoms with E-state index >= 15 is 0 Å². The third kappa shape index (κ3) is 2.54. The van der Waals surface area contributed by atoms with Crippen LogP contribution in [0.1, 0.15) is 28.9 Å². The number of rotatable bonds is 3. The van der Waals surface area contributed by atoms with Gasteiger partial charge in [0.05, 0.1) is 12.1 Å². The van der Waals surface area contributed by atoms with E-state index in [4.69, 9.17) is 0 Å². The zero-order valence-electron chi connectivity index (χ0n) is 13.2. The van der Waals surface area contributed by atoms with Crippen LogP contribution in [0, 0.1) is 0 Å². The molecule has 2 amide bonds. The largest absolute Gasteiger partial charge is 0.333 e. The van der Waals surface area contributed by atoms with E-state index in [9.17, 15) is 9.59 Å². The van der Waals surface area contributed by atoms with Crippen LogP contribution in [0.25, 0.3) is 0 Å². The first-order valence-corrected chi connectivity index (χ1v) is 8.14. The minimum absolute atomic E-state index is 0.0522. The van der Waals surface area contributed by atoms with Crippen molar-refractivity contribution in [1.29, 1.82) is 0 Å². The topological polar surface area (TPSA) is 66.4 Å². The zero-order valence-corrected chi connectivity index (χ0v) is 13.2. The summed E-state index contributed by atoms with van der Waals surface area (Å²) in [6, 6.07) is 9.20. The molecule has 122 valence electrons. The quantitative estimate of drug-likeness (QED) is 0.859. The first-order valence-electron chi connectivity index (χ1n) is 8.14. The second kappa shape index (κ2) is 6.03. The second-order valence-corrected chi connectivity index (χ2v) is 6.22. The van der Waals surface area contributed by atoms with Crippen molar-refractivity contribution in [1.82, 2.24) is 19.8 Å². The highest BCUT2D eigenvalue weighted by atomic mass is 16.2. The summed E-state index contributed by atoms with van der Waals surface area (Å²) in [4.78, 5) is 37.1. The maximum atomic E-state index is 12.7. The highest BCUT2D eigenvalue weighted by Gasteiger charge is 2.48. The average Bonchev–Trinajstić information content (AvgIpc) is 3.16. The van der Waals surface area contributed by atoms with Crippen LogP contribution < -0.4 is 0 Å². The molecule has 0 bridgehead atoms. The number of pyridine rings is 2. The molecule has 0 radical (unpaired) electrons. The van der Waals surface area contributed by atoms with Crippen molar-refractivity contribution in [2.75, 3.05) is 6.54 Å². The Labute approximate surface area is 140 Å². The summed E-state index contributed by atoms with van der Waals surface area (Å²) >= 11 is 0. The van der Waals surface area contributed by atoms with Crippen LogP contribution in [0.4, 0.5) is 0 Å². The van der Waals surface area contributed by atoms with Crippen molar-refractivity contribution in [2.24, 2.45) is 0 Å². The number of fused-ring (bicyclic) bond motifs is 1. The molecule has 6 heteroatoms. The lowest BCUT2D eigenvalue weighted by Gasteiger charge is -2.25. The Balaban J connectivity index is 1.52. The van der Waals surface area contributed by atoms with Crippen molar-refractivity contribution in [3.05, 3.63) is 60.2 Å². The third-order valence-corrected chi connectivity index (χ3v) is 4.84. The van der Waals surface area contributed by atoms with Gasteiger partial charge in [0.1, 0.15) is 5.69 Å². The van der Waals surface area contributed by atoms with Crippen LogP contribution in [-0.2, 0) is 11.3 Å². The van der Waals surface area contributed by atoms with Crippen LogP contribution in [0.15, 0.2) is 48.9 Å². The SMILES string of the molecule is O=C(c1ccccn1)N1CC[C@H]2[C@H]1CC(=O)N2Cc1cccnc1. The number of nitrogens with zero attached hydrogens (tertiary/aromatic N) is 4. The fourth-order valence-corrected chi connectivity index (χ4v) is 3.71. The molecule has 2 saturated heterocycles. The molecule has 0 aromatic carbocycles. The van der Waals surface area contributed by atoms with Gasteiger partial charge >= 0.3 is 0 Å². The molecule has 24 heavy (non-hydrogen) atoms. The maximum absolute atomic E-state index is 12.7. The fraction of sp³-hybridized carbons (Fsp3) is 0.333. The van der Waals surface area contributed by atoms with Gasteiger partial charge in [0.2, 0.25) is 5.91 Å². The summed E-state index contributed by atoms with van der Waals surface area (Å²) in [6.07, 6.45) is 6.33. The molecule has 4 rings (SSSR count). The summed E-state index contributed by atoms with van der Waals surface area (Å²) in [5.74, 6) is 0.0199. The number of carbonyl (C=O) groups is 2. The Kier molecular flexibility index (Phi) is 3.72. The highest BCUT2D eigenvalue weighted by molar-refractivity contribution is 5.93. The van der Waals surface area contributed by atoms with Crippen LogP contribution >= 0.6 is 0 Å². The molecule has 2 atom stereocenters. The summed E-state index contributed by atoms with van der Waals surface area (Å²) < 4.78 is 0. The molecule has 6 nitrogen and oxygen atoms in total. The number of aromatic nitrogens is 2. The normalized spacial score (nSPS) is 22.8. The molecule has 0 unspecified atom stereocenters. The first kappa shape index (κ1) is 14.8. The summed E-state index contributed by atoms with van der Waals surface area (Å²) in [5.41, 5.74) is 1.46. The number of carbonyl (C=O) groups excluding carboxylic acids is 2. The van der Waals surface area contributed by atoms with Gasteiger partial charge in [0.15, 0.2) is 0 Å². The Morgan fingerprint density at radius 3 is 2.83 bits per heavy atom. The zero-order chi connectivity index (χ0) is 16.5. The van der Waals surface area contributed by atoms with Gasteiger partial charge in [-0.25, -0.2) is 0 Å². The summed E-state index contributed by atoms with van der Waals surface area (Å²) in [6.45, 7) is 1.22. The van der Waals surface area contributed by atoms with Crippen molar-refractivity contribution in [2.45, 2.75) is 31.5 Å². The van der Waals surface area contributed by atoms with Gasteiger partial charge in [-0.3, -0.25) is 19.6 Å². The standard InChI is InChI=1S/C18H18N4O2/c23-17-10-16-15(22(17)12-13-4-3-7-19-11-13)6-9-21(16)18(24)14-5-1-2-8-20-14/h1-5,7-8,11,15-16H,6,9-10,12H2/t15-,16+/m0/s1. The van der Waals surface area contributed by atoms with Gasteiger partial charge in [0.25, 0.3) is 5.91 Å². The molecule has 2 aromatic rings. The van der Waals surface area contributed by atoms with Crippen molar-refractivity contribution < 1.29 is 9.59 Å². The maximum Gasteiger partial charge on any atom is 0.272 e. The Morgan fingerprint density at radius 1 is 1.17 bits per heavy atom. The molecule has 0 aliphatic carbocycles. The number of hydrogen-bond donors (Lipinski definition) is 0. The third-order valence-electron chi connectivity index (χ3n) is 4.84. The van der Waals surface area contributed by atoms with Crippen LogP contribution in [0.2, 0.25) is 0 Å². The van der Waals surface area contributed by atoms with Crippen molar-refractivity contribution >= 4 is 11.8 Å². The number of likely N-dealkylation sites (tertiary alicyclic amines) is 2. The minimum atomic E-state index is -0.0841. The molecule has 4 heterocycles. The molecular weight excluding hydrogens is 304 g/mol. The van der Waals surface area contributed by atoms with Crippen molar-refractivity contribution in [3.63, 3.8) is 0 Å². The molecule has 2 aliphatic heterocycles. The lowest BCUT2D eigenvalue weighted by molar-refractivity contribution is -0.129. The lowest BCUT2D eigenvalue weighted by atomic mass is 10.1. The smallest absolute Gasteiger partial charge is 0.272 e. The van der Waals surface area contributed by atoms with Gasteiger partial charge in [-0.1, -0.05) is 12.1 Å². The van der Waals surface area contributed by atoms with E-state index in [-0.39, 0.29) is 23.9 Å². The predicted molar refractivity (Wildman–Crippen MR) is 86.9 cm³/mol. The molecule has 2 aromatic heterocycles. The Hall–Kier alpha value is -2.76. The molecule has 2 aliphatic rings. The summed E-state index contributed by atoms with van der Waals surface area (Å²) in [7, 11) is 0. The lowest BCUT2D eigenvalue weighted by Crippen LogP contribution is -2.40. The average molecular weight is 322 g/mol. The second-order valence-electron chi connectivity index (χ2n) is 6.22. The number of amides is 2. The van der Waals surface area contributed by atoms with Gasteiger partial charge in [0, 0.05) is 38.1 Å². The fourth-order valence-electron chi connectivity index (χ4n) is 3.71. The molecule has 0 saturated carbocycles. The van der Waals surface area contributed by atoms with E-state index in [1.807, 2.05) is 28.0 Å². The van der Waals surface area contributed by atoms with E-state index in [0.717, 1.165) is 12.0 Å². The van der Waals surface area contributed by atoms with Gasteiger partial charge in [-0.2, -0.15) is 0 Å². The van der Waals surface area contributed by atoms with Crippen LogP contribution in [-0.4, -0.2) is 50.2 Å². The van der Waals surface area contributed by atoms with Crippen LogP contribution in [0.3, 0.4) is 0 Å². The highest BCUT2D eigenvalue weighted by Crippen LogP contribution is 2.34. The van der Waals surface area contributed by atoms with Gasteiger partial charge in [-0.05, 0) is 30.2 Å². The monoisotopic (exact) mass is 322 g/mol. The van der Waals surface area contributed by atoms with Crippen molar-refractivity contribution in [3.8, 4) is 0 Å². The number of hydrogen-bond acceptors (Lipinski definition) is 4. The van der Waals surface area contributed by atoms with E-state index in [1.54, 1.807) is 30.7 Å². The molecule has 0 N–H and O–H groups in total. The van der Waals surface area contributed by atoms with E-state index in [0.29, 0.717) is 25.2 Å². The van der Waals surface area contributed by atoms with E-state index < -0.39 is 0 Å². The summed E-state index contributed by atoms with van der Waals surface area (Å²) in [5, 5.41) is 0. The Bertz CT molecular complexity index is 750. The van der Waals surface area contributed by atoms with E-state index in [1.165, 1.54) is 0 Å². The molecule has 2 fully saturated rings. The Morgan fingerprint density at radius 2 is 2.08 bits per heavy atom. The van der Waals surface area contributed by atoms with Gasteiger partial charge < -0.3 is 9.80 Å². The predicted octanol–water partition coefficient (Wildman–Crippen LogP) is 1.49. The van der Waals surface area contributed by atoms with Crippen LogP contribution in [0.5, 0.6) is 0 Å².